The number of nitrogens with one attached hydrogen (secondary N) is 1. The van der Waals surface area contributed by atoms with E-state index in [1.807, 2.05) is 0 Å². The Balaban J connectivity index is 1.94. The van der Waals surface area contributed by atoms with Gasteiger partial charge in [0.15, 0.2) is 0 Å². The van der Waals surface area contributed by atoms with Crippen LogP contribution in [0, 0.1) is 16.0 Å². The molecule has 0 spiro atoms. The highest BCUT2D eigenvalue weighted by Gasteiger charge is 2.17. The number of hydrogen-bond donors (Lipinski definition) is 2. The number of anilines is 2. The van der Waals surface area contributed by atoms with E-state index in [2.05, 4.69) is 10.3 Å². The van der Waals surface area contributed by atoms with E-state index in [-0.39, 0.29) is 11.5 Å². The maximum absolute atomic E-state index is 10.8. The highest BCUT2D eigenvalue weighted by molar-refractivity contribution is 5.59. The van der Waals surface area contributed by atoms with Gasteiger partial charge in [-0.1, -0.05) is 25.7 Å². The molecule has 0 saturated heterocycles. The molecule has 0 unspecified atom stereocenters. The van der Waals surface area contributed by atoms with E-state index in [1.54, 1.807) is 0 Å². The summed E-state index contributed by atoms with van der Waals surface area (Å²) in [6, 6.07) is 2.83. The molecule has 1 aliphatic carbocycles. The largest absolute Gasteiger partial charge is 0.384 e. The van der Waals surface area contributed by atoms with Crippen molar-refractivity contribution >= 4 is 17.3 Å². The summed E-state index contributed by atoms with van der Waals surface area (Å²) in [6.07, 6.45) is 6.19. The van der Waals surface area contributed by atoms with Crippen LogP contribution in [0.4, 0.5) is 17.3 Å². The standard InChI is InChI=1S/C12H18N4O2/c13-11-6-5-10(16(17)18)12(15-11)14-8-7-9-3-1-2-4-9/h5-6,9H,1-4,7-8H2,(H3,13,14,15). The lowest BCUT2D eigenvalue weighted by Gasteiger charge is -2.10. The lowest BCUT2D eigenvalue weighted by molar-refractivity contribution is -0.384. The van der Waals surface area contributed by atoms with E-state index in [4.69, 9.17) is 5.73 Å². The van der Waals surface area contributed by atoms with Crippen LogP contribution in [0.2, 0.25) is 0 Å². The first-order valence-corrected chi connectivity index (χ1v) is 6.31. The van der Waals surface area contributed by atoms with Gasteiger partial charge in [0.05, 0.1) is 4.92 Å². The molecule has 0 aliphatic heterocycles. The van der Waals surface area contributed by atoms with E-state index >= 15 is 0 Å². The molecule has 98 valence electrons. The van der Waals surface area contributed by atoms with Crippen LogP contribution in [-0.4, -0.2) is 16.5 Å². The maximum atomic E-state index is 10.8. The molecule has 18 heavy (non-hydrogen) atoms. The van der Waals surface area contributed by atoms with Crippen molar-refractivity contribution in [3.05, 3.63) is 22.2 Å². The Bertz CT molecular complexity index is 430. The number of rotatable bonds is 5. The van der Waals surface area contributed by atoms with Crippen LogP contribution in [0.1, 0.15) is 32.1 Å². The van der Waals surface area contributed by atoms with Gasteiger partial charge in [0.25, 0.3) is 0 Å². The second-order valence-corrected chi connectivity index (χ2v) is 4.73. The van der Waals surface area contributed by atoms with E-state index in [9.17, 15) is 10.1 Å². The number of nitro groups is 1. The molecule has 0 atom stereocenters. The van der Waals surface area contributed by atoms with E-state index in [1.165, 1.54) is 37.8 Å². The summed E-state index contributed by atoms with van der Waals surface area (Å²) in [7, 11) is 0. The zero-order chi connectivity index (χ0) is 13.0. The number of aromatic nitrogens is 1. The number of hydrogen-bond acceptors (Lipinski definition) is 5. The Kier molecular flexibility index (Phi) is 3.96. The Morgan fingerprint density at radius 2 is 2.17 bits per heavy atom. The Morgan fingerprint density at radius 1 is 1.44 bits per heavy atom. The summed E-state index contributed by atoms with van der Waals surface area (Å²) in [5, 5.41) is 13.9. The predicted molar refractivity (Wildman–Crippen MR) is 70.4 cm³/mol. The van der Waals surface area contributed by atoms with Crippen LogP contribution in [0.3, 0.4) is 0 Å². The molecule has 0 aromatic carbocycles. The second-order valence-electron chi connectivity index (χ2n) is 4.73. The van der Waals surface area contributed by atoms with Crippen molar-refractivity contribution in [3.8, 4) is 0 Å². The fourth-order valence-corrected chi connectivity index (χ4v) is 2.44. The van der Waals surface area contributed by atoms with Crippen LogP contribution < -0.4 is 11.1 Å². The summed E-state index contributed by atoms with van der Waals surface area (Å²) in [5.41, 5.74) is 5.53. The van der Waals surface area contributed by atoms with Crippen molar-refractivity contribution in [1.82, 2.24) is 4.98 Å². The summed E-state index contributed by atoms with van der Waals surface area (Å²) in [4.78, 5) is 14.4. The van der Waals surface area contributed by atoms with Gasteiger partial charge >= 0.3 is 5.69 Å². The number of pyridine rings is 1. The lowest BCUT2D eigenvalue weighted by atomic mass is 10.0. The van der Waals surface area contributed by atoms with Crippen LogP contribution in [0.5, 0.6) is 0 Å². The summed E-state index contributed by atoms with van der Waals surface area (Å²) >= 11 is 0. The average Bonchev–Trinajstić information content (AvgIpc) is 2.82. The molecule has 1 aromatic heterocycles. The quantitative estimate of drug-likeness (QED) is 0.618. The van der Waals surface area contributed by atoms with Gasteiger partial charge in [-0.15, -0.1) is 0 Å². The number of nitrogens with zero attached hydrogens (tertiary/aromatic N) is 2. The molecule has 6 heteroatoms. The predicted octanol–water partition coefficient (Wildman–Crippen LogP) is 2.56. The van der Waals surface area contributed by atoms with Crippen molar-refractivity contribution in [2.75, 3.05) is 17.6 Å². The monoisotopic (exact) mass is 250 g/mol. The minimum atomic E-state index is -0.440. The van der Waals surface area contributed by atoms with Gasteiger partial charge in [-0.25, -0.2) is 4.98 Å². The molecule has 1 heterocycles. The van der Waals surface area contributed by atoms with Gasteiger partial charge in [-0.2, -0.15) is 0 Å². The van der Waals surface area contributed by atoms with Gasteiger partial charge in [-0.05, 0) is 18.4 Å². The van der Waals surface area contributed by atoms with Crippen molar-refractivity contribution in [3.63, 3.8) is 0 Å². The van der Waals surface area contributed by atoms with Crippen LogP contribution >= 0.6 is 0 Å². The Labute approximate surface area is 106 Å². The van der Waals surface area contributed by atoms with Crippen molar-refractivity contribution < 1.29 is 4.92 Å². The highest BCUT2D eigenvalue weighted by Crippen LogP contribution is 2.28. The molecule has 2 rings (SSSR count). The highest BCUT2D eigenvalue weighted by atomic mass is 16.6. The third kappa shape index (κ3) is 3.09. The van der Waals surface area contributed by atoms with Gasteiger partial charge in [0, 0.05) is 12.6 Å². The molecule has 3 N–H and O–H groups in total. The first kappa shape index (κ1) is 12.6. The molecule has 0 bridgehead atoms. The fourth-order valence-electron chi connectivity index (χ4n) is 2.44. The summed E-state index contributed by atoms with van der Waals surface area (Å²) < 4.78 is 0. The number of nitrogens with two attached hydrogens (primary N) is 1. The van der Waals surface area contributed by atoms with Crippen LogP contribution in [-0.2, 0) is 0 Å². The molecule has 1 aliphatic rings. The molecular weight excluding hydrogens is 232 g/mol. The first-order chi connectivity index (χ1) is 8.66. The van der Waals surface area contributed by atoms with Crippen LogP contribution in [0.15, 0.2) is 12.1 Å². The Morgan fingerprint density at radius 3 is 2.83 bits per heavy atom. The summed E-state index contributed by atoms with van der Waals surface area (Å²) in [6.45, 7) is 0.710. The van der Waals surface area contributed by atoms with Gasteiger partial charge in [0.2, 0.25) is 5.82 Å². The fraction of sp³-hybridized carbons (Fsp3) is 0.583. The molecule has 1 fully saturated rings. The summed E-state index contributed by atoms with van der Waals surface area (Å²) in [5.74, 6) is 1.32. The smallest absolute Gasteiger partial charge is 0.311 e. The third-order valence-corrected chi connectivity index (χ3v) is 3.41. The van der Waals surface area contributed by atoms with Gasteiger partial charge in [-0.3, -0.25) is 10.1 Å². The maximum Gasteiger partial charge on any atom is 0.311 e. The molecule has 6 nitrogen and oxygen atoms in total. The molecule has 0 amide bonds. The van der Waals surface area contributed by atoms with Gasteiger partial charge in [0.1, 0.15) is 5.82 Å². The molecule has 1 aromatic rings. The van der Waals surface area contributed by atoms with Gasteiger partial charge < -0.3 is 11.1 Å². The van der Waals surface area contributed by atoms with E-state index in [0.29, 0.717) is 12.4 Å². The van der Waals surface area contributed by atoms with E-state index in [0.717, 1.165) is 12.3 Å². The Hall–Kier alpha value is -1.85. The topological polar surface area (TPSA) is 94.1 Å². The molecular formula is C12H18N4O2. The third-order valence-electron chi connectivity index (χ3n) is 3.41. The second kappa shape index (κ2) is 5.66. The normalized spacial score (nSPS) is 15.8. The molecule has 0 radical (unpaired) electrons. The minimum Gasteiger partial charge on any atom is -0.384 e. The average molecular weight is 250 g/mol. The van der Waals surface area contributed by atoms with Crippen molar-refractivity contribution in [1.29, 1.82) is 0 Å². The van der Waals surface area contributed by atoms with Crippen LogP contribution in [0.25, 0.3) is 0 Å². The SMILES string of the molecule is Nc1ccc([N+](=O)[O-])c(NCCC2CCCC2)n1. The minimum absolute atomic E-state index is 0.0179. The van der Waals surface area contributed by atoms with Crippen molar-refractivity contribution in [2.24, 2.45) is 5.92 Å². The lowest BCUT2D eigenvalue weighted by Crippen LogP contribution is -2.10. The zero-order valence-electron chi connectivity index (χ0n) is 10.3. The number of nitrogen functional groups attached to an aromatic ring is 1. The first-order valence-electron chi connectivity index (χ1n) is 6.31. The zero-order valence-corrected chi connectivity index (χ0v) is 10.3. The van der Waals surface area contributed by atoms with E-state index < -0.39 is 4.92 Å². The van der Waals surface area contributed by atoms with Crippen molar-refractivity contribution in [2.45, 2.75) is 32.1 Å². The molecule has 1 saturated carbocycles.